The molecular formula is C106H170O19. The first-order valence-electron chi connectivity index (χ1n) is 50.5. The van der Waals surface area contributed by atoms with Gasteiger partial charge in [-0.1, -0.05) is 125 Å². The summed E-state index contributed by atoms with van der Waals surface area (Å²) in [6.07, 6.45) is 31.6. The second-order valence-corrected chi connectivity index (χ2v) is 50.8. The molecule has 20 rings (SSSR count). The van der Waals surface area contributed by atoms with Gasteiger partial charge in [-0.25, -0.2) is 0 Å². The van der Waals surface area contributed by atoms with E-state index in [9.17, 15) is 29.1 Å². The van der Waals surface area contributed by atoms with Crippen LogP contribution in [0.3, 0.4) is 0 Å². The van der Waals surface area contributed by atoms with Gasteiger partial charge >= 0.3 is 0 Å². The summed E-state index contributed by atoms with van der Waals surface area (Å²) in [6.45, 7) is 50.5. The first kappa shape index (κ1) is 95.4. The Hall–Kier alpha value is -2.79. The molecule has 20 fully saturated rings. The van der Waals surface area contributed by atoms with Gasteiger partial charge in [0.15, 0.2) is 28.9 Å². The number of hydrogen-bond donors (Lipinski definition) is 1. The molecule has 0 amide bonds. The van der Waals surface area contributed by atoms with Crippen molar-refractivity contribution in [2.75, 3.05) is 87.9 Å². The van der Waals surface area contributed by atoms with Crippen LogP contribution in [0.15, 0.2) is 11.8 Å². The fraction of sp³-hybridized carbons (Fsp3) is 0.934. The molecule has 0 aromatic rings. The molecule has 4 aliphatic heterocycles. The van der Waals surface area contributed by atoms with Crippen molar-refractivity contribution in [1.29, 1.82) is 0 Å². The lowest BCUT2D eigenvalue weighted by molar-refractivity contribution is -0.354. The first-order chi connectivity index (χ1) is 58.7. The standard InChI is InChI=1S/C26H40O5.2C26H42O4.C25H40O4.C3H6O2/c1-23(2)14-30-26(31-15-23)9-8-19-18-7-6-17-10-20(28)16(13-27)11-24(17,3)22(18)21(29-5)12-25(19,26)4;2*1-16-12-24(4)17(11-20(16)27)7-8-18-19-9-10-26(29-14-23(2,3)15-30-26)25(19,5)13-21(28-6)22(18)24;1-22(2)14-28-25(29-15-22)11-9-19-18-7-6-16-12-17(26)8-10-23(16,3)21(18)20(27-5)13-24(19,25)4;1-2-5-3-4/h13,17-19,21-22,27H,6-12,14-15H2,1-5H3;2*16-19,21-22H,7-15H2,1-6H3;16,18-21H,6-15H2,1-5H3;3H,2H2,1H3/b16-13-;;;;/t17-,18-,19-,21-,22+,24-,25-;16-,17+,18+,19+,21+,22-,24+,25+;16-,17-,18-,19-,21-,22+,24-,25-;16-,18-,19-,20-,21+,23-,24-;/m0100./s1. The lowest BCUT2D eigenvalue weighted by Gasteiger charge is -2.64. The Balaban J connectivity index is 0.000000121. The second kappa shape index (κ2) is 33.9. The summed E-state index contributed by atoms with van der Waals surface area (Å²) in [5, 5.41) is 9.74. The number of fused-ring (bicyclic) bond motifs is 24. The Morgan fingerprint density at radius 2 is 0.640 bits per heavy atom. The van der Waals surface area contributed by atoms with Gasteiger partial charge in [-0.3, -0.25) is 24.0 Å². The third kappa shape index (κ3) is 15.4. The molecule has 0 aromatic carbocycles. The number of carbonyl (C=O) groups excluding carboxylic acids is 5. The van der Waals surface area contributed by atoms with Crippen molar-refractivity contribution in [3.05, 3.63) is 11.8 Å². The van der Waals surface area contributed by atoms with Gasteiger partial charge in [0.05, 0.1) is 90.1 Å². The highest BCUT2D eigenvalue weighted by molar-refractivity contribution is 5.96. The monoisotopic (exact) mass is 1750 g/mol. The molecular weight excluding hydrogens is 1580 g/mol. The van der Waals surface area contributed by atoms with Crippen molar-refractivity contribution in [2.24, 2.45) is 172 Å². The number of aliphatic hydroxyl groups excluding tert-OH is 1. The Morgan fingerprint density at radius 3 is 0.912 bits per heavy atom. The number of carbonyl (C=O) groups is 5. The third-order valence-corrected chi connectivity index (χ3v) is 41.5. The molecule has 0 bridgehead atoms. The molecule has 4 spiro atoms. The van der Waals surface area contributed by atoms with E-state index in [1.807, 2.05) is 28.4 Å². The van der Waals surface area contributed by atoms with Crippen LogP contribution in [0.4, 0.5) is 0 Å². The van der Waals surface area contributed by atoms with E-state index in [0.29, 0.717) is 144 Å². The van der Waals surface area contributed by atoms with Crippen molar-refractivity contribution < 1.29 is 90.7 Å². The van der Waals surface area contributed by atoms with Crippen LogP contribution >= 0.6 is 0 Å². The van der Waals surface area contributed by atoms with Gasteiger partial charge < -0.3 is 66.7 Å². The number of rotatable bonds is 6. The summed E-state index contributed by atoms with van der Waals surface area (Å²) in [7, 11) is 7.56. The van der Waals surface area contributed by atoms with Gasteiger partial charge in [0.2, 0.25) is 0 Å². The van der Waals surface area contributed by atoms with Gasteiger partial charge in [0, 0.05) is 147 Å². The Labute approximate surface area is 752 Å². The first-order valence-corrected chi connectivity index (χ1v) is 50.5. The second-order valence-electron chi connectivity index (χ2n) is 50.8. The maximum Gasteiger partial charge on any atom is 0.293 e. The number of allylic oxidation sites excluding steroid dienone is 1. The molecule has 16 aliphatic carbocycles. The van der Waals surface area contributed by atoms with Crippen LogP contribution < -0.4 is 0 Å². The predicted octanol–water partition coefficient (Wildman–Crippen LogP) is 20.7. The molecule has 19 nitrogen and oxygen atoms in total. The van der Waals surface area contributed by atoms with Crippen LogP contribution in [-0.2, 0) is 85.6 Å². The third-order valence-electron chi connectivity index (χ3n) is 41.5. The SMILES string of the molecule is CCOC=O.CO[C@H]1C[C@@]2(C)[C@@H](CCC23OCC(C)(C)CO3)[C@@H]2CC[C@H]3CC(=O)/C(=C\O)C[C@]3(C)[C@H]21.CO[C@H]1C[C@@]2(C)[C@@H](CCC23OCC(C)(C)CO3)[C@@H]2CC[C@H]3CC(=O)CC[C@]3(C)[C@H]21.CO[C@H]1C[C@@]2(C)[C@@H](CCC23OCC(C)(C)CO3)[C@@H]2CC[C@H]3CC(=O)[C@@H](C)C[C@]3(C)[C@H]21.CO[C@H]1C[C@@]2(C)[C@@H](CCC23OCC(C)(C)CO3)[C@@H]2CC[C@H]3CC(=O)[C@H](C)C[C@]3(C)[C@H]21. The van der Waals surface area contributed by atoms with E-state index in [2.05, 4.69) is 129 Å². The van der Waals surface area contributed by atoms with E-state index < -0.39 is 23.1 Å². The minimum Gasteiger partial charge on any atom is -0.515 e. The van der Waals surface area contributed by atoms with E-state index in [4.69, 9.17) is 56.8 Å². The molecule has 0 radical (unpaired) electrons. The highest BCUT2D eigenvalue weighted by Crippen LogP contribution is 2.76. The van der Waals surface area contributed by atoms with E-state index in [1.165, 1.54) is 57.8 Å². The highest BCUT2D eigenvalue weighted by Gasteiger charge is 2.76. The maximum atomic E-state index is 12.5. The summed E-state index contributed by atoms with van der Waals surface area (Å²) >= 11 is 0. The molecule has 20 aliphatic rings. The van der Waals surface area contributed by atoms with Crippen molar-refractivity contribution in [3.8, 4) is 0 Å². The molecule has 125 heavy (non-hydrogen) atoms. The molecule has 16 saturated carbocycles. The minimum atomic E-state index is -0.495. The number of hydrogen-bond acceptors (Lipinski definition) is 19. The van der Waals surface area contributed by atoms with Gasteiger partial charge in [0.25, 0.3) is 6.47 Å². The topological polar surface area (TPSA) is 226 Å². The molecule has 19 heteroatoms. The normalized spacial score (nSPS) is 49.2. The van der Waals surface area contributed by atoms with Crippen molar-refractivity contribution in [2.45, 2.75) is 365 Å². The zero-order valence-electron chi connectivity index (χ0n) is 82.0. The average Bonchev–Trinajstić information content (AvgIpc) is 1.60. The van der Waals surface area contributed by atoms with Gasteiger partial charge in [-0.15, -0.1) is 0 Å². The largest absolute Gasteiger partial charge is 0.515 e. The van der Waals surface area contributed by atoms with Gasteiger partial charge in [0.1, 0.15) is 17.3 Å². The van der Waals surface area contributed by atoms with Crippen LogP contribution in [0.1, 0.15) is 318 Å². The summed E-state index contributed by atoms with van der Waals surface area (Å²) in [6, 6.07) is 0. The van der Waals surface area contributed by atoms with E-state index in [1.54, 1.807) is 6.92 Å². The Morgan fingerprint density at radius 1 is 0.360 bits per heavy atom. The molecule has 1 N–H and O–H groups in total. The molecule has 4 saturated heterocycles. The molecule has 0 aromatic heterocycles. The van der Waals surface area contributed by atoms with Crippen LogP contribution in [0.25, 0.3) is 0 Å². The smallest absolute Gasteiger partial charge is 0.293 e. The molecule has 0 unspecified atom stereocenters. The number of ether oxygens (including phenoxy) is 13. The zero-order chi connectivity index (χ0) is 90.1. The van der Waals surface area contributed by atoms with Gasteiger partial charge in [-0.05, 0) is 252 Å². The summed E-state index contributed by atoms with van der Waals surface area (Å²) in [5.74, 6) is 9.12. The molecule has 30 atom stereocenters. The Bertz CT molecular complexity index is 3810. The zero-order valence-corrected chi connectivity index (χ0v) is 82.0. The fourth-order valence-corrected chi connectivity index (χ4v) is 34.8. The van der Waals surface area contributed by atoms with E-state index in [-0.39, 0.29) is 107 Å². The number of Topliss-reactive ketones (excluding diaryl/α,β-unsaturated/α-hetero) is 4. The van der Waals surface area contributed by atoms with Crippen LogP contribution in [-0.4, -0.2) is 170 Å². The van der Waals surface area contributed by atoms with Crippen molar-refractivity contribution in [1.82, 2.24) is 0 Å². The number of methoxy groups -OCH3 is 4. The number of aliphatic hydroxyl groups is 1. The lowest BCUT2D eigenvalue weighted by atomic mass is 9.43. The minimum absolute atomic E-state index is 0.00461. The number of ketones is 4. The summed E-state index contributed by atoms with van der Waals surface area (Å²) in [5.41, 5.74) is 1.55. The summed E-state index contributed by atoms with van der Waals surface area (Å²) in [4.78, 5) is 59.0. The van der Waals surface area contributed by atoms with Crippen molar-refractivity contribution >= 4 is 29.6 Å². The van der Waals surface area contributed by atoms with E-state index >= 15 is 0 Å². The highest BCUT2D eigenvalue weighted by atomic mass is 16.7. The quantitative estimate of drug-likeness (QED) is 0.148. The lowest BCUT2D eigenvalue weighted by Crippen LogP contribution is -2.64. The predicted molar refractivity (Wildman–Crippen MR) is 478 cm³/mol. The average molecular weight is 1750 g/mol. The summed E-state index contributed by atoms with van der Waals surface area (Å²) < 4.78 is 82.2. The van der Waals surface area contributed by atoms with Crippen molar-refractivity contribution in [3.63, 3.8) is 0 Å². The van der Waals surface area contributed by atoms with Crippen LogP contribution in [0, 0.1) is 172 Å². The van der Waals surface area contributed by atoms with E-state index in [0.717, 1.165) is 175 Å². The van der Waals surface area contributed by atoms with Crippen LogP contribution in [0.2, 0.25) is 0 Å². The maximum absolute atomic E-state index is 12.5. The van der Waals surface area contributed by atoms with Crippen LogP contribution in [0.5, 0.6) is 0 Å². The molecule has 4 heterocycles. The van der Waals surface area contributed by atoms with Gasteiger partial charge in [-0.2, -0.15) is 0 Å². The molecule has 708 valence electrons. The Kier molecular flexibility index (Phi) is 25.9. The fourth-order valence-electron chi connectivity index (χ4n) is 34.8.